The van der Waals surface area contributed by atoms with Gasteiger partial charge < -0.3 is 14.8 Å². The number of amides is 1. The number of rotatable bonds is 4. The zero-order valence-electron chi connectivity index (χ0n) is 16.8. The number of benzene rings is 2. The summed E-state index contributed by atoms with van der Waals surface area (Å²) in [6.07, 6.45) is 1.35. The molecule has 0 bridgehead atoms. The number of hydrogen-bond acceptors (Lipinski definition) is 4. The van der Waals surface area contributed by atoms with E-state index in [2.05, 4.69) is 10.3 Å². The van der Waals surface area contributed by atoms with Gasteiger partial charge in [-0.25, -0.2) is 18.2 Å². The molecule has 0 spiro atoms. The first-order chi connectivity index (χ1) is 15.2. The van der Waals surface area contributed by atoms with Crippen molar-refractivity contribution < 1.29 is 18.0 Å². The first-order valence-electron chi connectivity index (χ1n) is 9.57. The molecule has 0 unspecified atom stereocenters. The van der Waals surface area contributed by atoms with Gasteiger partial charge in [0.2, 0.25) is 0 Å². The SMILES string of the molecule is Cn1cnc2c(F)cc(N[C@]3(c4c(F)ccc(Cl)c4Cl)CCN(C(=O)CF)C3)cc2c1=O. The van der Waals surface area contributed by atoms with E-state index in [1.165, 1.54) is 35.0 Å². The summed E-state index contributed by atoms with van der Waals surface area (Å²) in [5.41, 5.74) is -1.81. The lowest BCUT2D eigenvalue weighted by molar-refractivity contribution is -0.131. The Bertz CT molecular complexity index is 1300. The summed E-state index contributed by atoms with van der Waals surface area (Å²) in [6.45, 7) is -1.25. The topological polar surface area (TPSA) is 67.2 Å². The lowest BCUT2D eigenvalue weighted by Crippen LogP contribution is -2.41. The largest absolute Gasteiger partial charge is 0.373 e. The van der Waals surface area contributed by atoms with Crippen molar-refractivity contribution >= 4 is 45.7 Å². The molecule has 1 amide bonds. The van der Waals surface area contributed by atoms with Gasteiger partial charge in [0.05, 0.1) is 27.3 Å². The summed E-state index contributed by atoms with van der Waals surface area (Å²) < 4.78 is 44.0. The number of carbonyl (C=O) groups excluding carboxylic acids is 1. The Morgan fingerprint density at radius 1 is 1.25 bits per heavy atom. The van der Waals surface area contributed by atoms with Crippen LogP contribution in [-0.2, 0) is 17.4 Å². The van der Waals surface area contributed by atoms with E-state index in [1.807, 2.05) is 0 Å². The lowest BCUT2D eigenvalue weighted by Gasteiger charge is -2.33. The highest BCUT2D eigenvalue weighted by atomic mass is 35.5. The van der Waals surface area contributed by atoms with E-state index in [0.717, 1.165) is 12.1 Å². The van der Waals surface area contributed by atoms with Crippen molar-refractivity contribution in [2.45, 2.75) is 12.0 Å². The number of anilines is 1. The average molecular weight is 485 g/mol. The zero-order valence-corrected chi connectivity index (χ0v) is 18.3. The van der Waals surface area contributed by atoms with Gasteiger partial charge in [0, 0.05) is 31.4 Å². The fourth-order valence-electron chi connectivity index (χ4n) is 4.07. The molecule has 168 valence electrons. The zero-order chi connectivity index (χ0) is 23.2. The van der Waals surface area contributed by atoms with E-state index in [-0.39, 0.29) is 51.7 Å². The van der Waals surface area contributed by atoms with Gasteiger partial charge in [0.25, 0.3) is 11.5 Å². The number of carbonyl (C=O) groups is 1. The van der Waals surface area contributed by atoms with E-state index >= 15 is 0 Å². The predicted octanol–water partition coefficient (Wildman–Crippen LogP) is 4.03. The molecule has 1 aliphatic heterocycles. The van der Waals surface area contributed by atoms with Crippen molar-refractivity contribution in [1.29, 1.82) is 0 Å². The molecule has 1 fully saturated rings. The van der Waals surface area contributed by atoms with Crippen LogP contribution in [0.1, 0.15) is 12.0 Å². The van der Waals surface area contributed by atoms with Crippen molar-refractivity contribution in [1.82, 2.24) is 14.5 Å². The Hall–Kier alpha value is -2.78. The van der Waals surface area contributed by atoms with E-state index in [4.69, 9.17) is 23.2 Å². The van der Waals surface area contributed by atoms with Crippen LogP contribution in [-0.4, -0.2) is 40.1 Å². The van der Waals surface area contributed by atoms with Crippen molar-refractivity contribution in [3.8, 4) is 0 Å². The molecular formula is C21H17Cl2F3N4O2. The maximum Gasteiger partial charge on any atom is 0.261 e. The third-order valence-electron chi connectivity index (χ3n) is 5.62. The highest BCUT2D eigenvalue weighted by Gasteiger charge is 2.45. The number of alkyl halides is 1. The first-order valence-corrected chi connectivity index (χ1v) is 10.3. The van der Waals surface area contributed by atoms with Crippen LogP contribution in [0.25, 0.3) is 10.9 Å². The quantitative estimate of drug-likeness (QED) is 0.567. The monoisotopic (exact) mass is 484 g/mol. The highest BCUT2D eigenvalue weighted by Crippen LogP contribution is 2.43. The Morgan fingerprint density at radius 3 is 2.72 bits per heavy atom. The molecule has 1 saturated heterocycles. The second-order valence-electron chi connectivity index (χ2n) is 7.64. The Kier molecular flexibility index (Phi) is 5.81. The van der Waals surface area contributed by atoms with Crippen molar-refractivity contribution in [3.63, 3.8) is 0 Å². The fraction of sp³-hybridized carbons (Fsp3) is 0.286. The number of likely N-dealkylation sites (tertiary alicyclic amines) is 1. The average Bonchev–Trinajstić information content (AvgIpc) is 3.18. The molecule has 1 atom stereocenters. The molecule has 0 radical (unpaired) electrons. The fourth-order valence-corrected chi connectivity index (χ4v) is 4.56. The van der Waals surface area contributed by atoms with Crippen molar-refractivity contribution in [2.24, 2.45) is 7.05 Å². The molecule has 2 aromatic carbocycles. The summed E-state index contributed by atoms with van der Waals surface area (Å²) in [4.78, 5) is 29.6. The lowest BCUT2D eigenvalue weighted by atomic mass is 9.87. The van der Waals surface area contributed by atoms with Crippen LogP contribution in [0.3, 0.4) is 0 Å². The summed E-state index contributed by atoms with van der Waals surface area (Å²) >= 11 is 12.5. The van der Waals surface area contributed by atoms with Crippen LogP contribution in [0, 0.1) is 11.6 Å². The first kappa shape index (κ1) is 22.4. The van der Waals surface area contributed by atoms with Gasteiger partial charge in [-0.15, -0.1) is 0 Å². The molecule has 0 saturated carbocycles. The van der Waals surface area contributed by atoms with Crippen LogP contribution < -0.4 is 10.9 Å². The van der Waals surface area contributed by atoms with E-state index in [9.17, 15) is 22.8 Å². The third-order valence-corrected chi connectivity index (χ3v) is 6.42. The molecule has 3 aromatic rings. The molecule has 32 heavy (non-hydrogen) atoms. The Morgan fingerprint density at radius 2 is 2.00 bits per heavy atom. The second-order valence-corrected chi connectivity index (χ2v) is 8.42. The number of nitrogens with zero attached hydrogens (tertiary/aromatic N) is 3. The van der Waals surface area contributed by atoms with Gasteiger partial charge in [-0.1, -0.05) is 23.2 Å². The molecule has 1 N–H and O–H groups in total. The molecule has 1 aliphatic rings. The second kappa shape index (κ2) is 8.29. The molecule has 2 heterocycles. The number of halogens is 5. The van der Waals surface area contributed by atoms with E-state index < -0.39 is 35.3 Å². The van der Waals surface area contributed by atoms with Gasteiger partial charge in [-0.05, 0) is 30.7 Å². The van der Waals surface area contributed by atoms with Gasteiger partial charge >= 0.3 is 0 Å². The van der Waals surface area contributed by atoms with Crippen LogP contribution in [0.2, 0.25) is 10.0 Å². The minimum Gasteiger partial charge on any atom is -0.373 e. The minimum absolute atomic E-state index is 0.0139. The molecular weight excluding hydrogens is 468 g/mol. The summed E-state index contributed by atoms with van der Waals surface area (Å²) in [5.74, 6) is -2.22. The van der Waals surface area contributed by atoms with E-state index in [1.54, 1.807) is 0 Å². The van der Waals surface area contributed by atoms with Crippen molar-refractivity contribution in [2.75, 3.05) is 25.1 Å². The molecule has 0 aliphatic carbocycles. The molecule has 1 aromatic heterocycles. The number of aryl methyl sites for hydroxylation is 1. The maximum atomic E-state index is 15.0. The molecule has 11 heteroatoms. The number of nitrogens with one attached hydrogen (secondary N) is 1. The molecule has 4 rings (SSSR count). The summed E-state index contributed by atoms with van der Waals surface area (Å²) in [7, 11) is 1.48. The number of fused-ring (bicyclic) bond motifs is 1. The van der Waals surface area contributed by atoms with Gasteiger partial charge in [-0.3, -0.25) is 9.59 Å². The normalized spacial score (nSPS) is 18.4. The van der Waals surface area contributed by atoms with Crippen LogP contribution in [0.15, 0.2) is 35.4 Å². The van der Waals surface area contributed by atoms with Gasteiger partial charge in [-0.2, -0.15) is 0 Å². The van der Waals surface area contributed by atoms with Gasteiger partial charge in [0.1, 0.15) is 11.3 Å². The van der Waals surface area contributed by atoms with Crippen LogP contribution in [0.5, 0.6) is 0 Å². The van der Waals surface area contributed by atoms with Gasteiger partial charge in [0.15, 0.2) is 12.5 Å². The third kappa shape index (κ3) is 3.69. The van der Waals surface area contributed by atoms with Crippen LogP contribution >= 0.6 is 23.2 Å². The van der Waals surface area contributed by atoms with Crippen LogP contribution in [0.4, 0.5) is 18.9 Å². The Balaban J connectivity index is 1.88. The predicted molar refractivity (Wildman–Crippen MR) is 116 cm³/mol. The molecule has 6 nitrogen and oxygen atoms in total. The minimum atomic E-state index is -1.34. The number of aromatic nitrogens is 2. The Labute approximate surface area is 190 Å². The number of hydrogen-bond donors (Lipinski definition) is 1. The summed E-state index contributed by atoms with van der Waals surface area (Å²) in [5, 5.41) is 3.08. The maximum absolute atomic E-state index is 15.0. The van der Waals surface area contributed by atoms with E-state index in [0.29, 0.717) is 0 Å². The van der Waals surface area contributed by atoms with Crippen molar-refractivity contribution in [3.05, 3.63) is 68.2 Å². The smallest absolute Gasteiger partial charge is 0.261 e. The highest BCUT2D eigenvalue weighted by molar-refractivity contribution is 6.42. The summed E-state index contributed by atoms with van der Waals surface area (Å²) in [6, 6.07) is 4.94. The standard InChI is InChI=1S/C21H17Cl2F3N4O2/c1-29-10-27-19-12(20(29)32)6-11(7-15(19)26)28-21(4-5-30(9-21)16(31)8-24)17-14(25)3-2-13(22)18(17)23/h2-3,6-7,10,28H,4-5,8-9H2,1H3/t21-/m1/s1.